The minimum absolute atomic E-state index is 0.325. The van der Waals surface area contributed by atoms with Crippen LogP contribution in [0, 0.1) is 19.8 Å². The lowest BCUT2D eigenvalue weighted by molar-refractivity contribution is 0.161. The molecule has 1 aromatic rings. The molecular weight excluding hydrogens is 198 g/mol. The molecule has 2 heteroatoms. The largest absolute Gasteiger partial charge is 0.490 e. The highest BCUT2D eigenvalue weighted by atomic mass is 16.5. The van der Waals surface area contributed by atoms with E-state index >= 15 is 0 Å². The van der Waals surface area contributed by atoms with Crippen LogP contribution in [0.2, 0.25) is 0 Å². The van der Waals surface area contributed by atoms with Crippen LogP contribution in [0.3, 0.4) is 0 Å². The Hall–Kier alpha value is -1.02. The van der Waals surface area contributed by atoms with Crippen molar-refractivity contribution in [3.8, 4) is 5.75 Å². The highest BCUT2D eigenvalue weighted by Gasteiger charge is 2.27. The third kappa shape index (κ3) is 2.38. The molecule has 1 aliphatic rings. The second-order valence-electron chi connectivity index (χ2n) is 4.85. The fraction of sp³-hybridized carbons (Fsp3) is 0.571. The molecule has 1 saturated carbocycles. The molecule has 2 atom stereocenters. The molecule has 16 heavy (non-hydrogen) atoms. The maximum absolute atomic E-state index is 6.11. The lowest BCUT2D eigenvalue weighted by atomic mass is 10.1. The average Bonchev–Trinajstić information content (AvgIpc) is 2.71. The minimum atomic E-state index is 0.325. The van der Waals surface area contributed by atoms with E-state index in [-0.39, 0.29) is 0 Å². The monoisotopic (exact) mass is 219 g/mol. The normalized spacial score (nSPS) is 24.7. The van der Waals surface area contributed by atoms with Gasteiger partial charge in [-0.2, -0.15) is 0 Å². The molecule has 0 bridgehead atoms. The first kappa shape index (κ1) is 11.5. The summed E-state index contributed by atoms with van der Waals surface area (Å²) in [6.07, 6.45) is 3.93. The molecule has 88 valence electrons. The van der Waals surface area contributed by atoms with E-state index < -0.39 is 0 Å². The standard InChI is InChI=1S/C14H21NO/c1-10-6-7-11(2)14(8-10)16-13-5-3-4-12(13)9-15/h6-8,12-13H,3-5,9,15H2,1-2H3. The van der Waals surface area contributed by atoms with E-state index in [9.17, 15) is 0 Å². The molecule has 2 rings (SSSR count). The Kier molecular flexibility index (Phi) is 3.49. The van der Waals surface area contributed by atoms with Gasteiger partial charge in [-0.15, -0.1) is 0 Å². The molecule has 1 aromatic carbocycles. The van der Waals surface area contributed by atoms with E-state index in [0.717, 1.165) is 18.7 Å². The second kappa shape index (κ2) is 4.88. The van der Waals surface area contributed by atoms with E-state index in [2.05, 4.69) is 32.0 Å². The Morgan fingerprint density at radius 1 is 1.31 bits per heavy atom. The van der Waals surface area contributed by atoms with Crippen molar-refractivity contribution in [2.75, 3.05) is 6.54 Å². The van der Waals surface area contributed by atoms with Crippen molar-refractivity contribution in [1.29, 1.82) is 0 Å². The van der Waals surface area contributed by atoms with Gasteiger partial charge in [0.15, 0.2) is 0 Å². The van der Waals surface area contributed by atoms with Crippen molar-refractivity contribution in [2.24, 2.45) is 11.7 Å². The smallest absolute Gasteiger partial charge is 0.122 e. The molecule has 0 amide bonds. The summed E-state index contributed by atoms with van der Waals surface area (Å²) in [4.78, 5) is 0. The molecule has 1 fully saturated rings. The summed E-state index contributed by atoms with van der Waals surface area (Å²) in [6, 6.07) is 6.37. The zero-order chi connectivity index (χ0) is 11.5. The fourth-order valence-corrected chi connectivity index (χ4v) is 2.42. The molecule has 0 aliphatic heterocycles. The molecule has 1 aliphatic carbocycles. The minimum Gasteiger partial charge on any atom is -0.490 e. The van der Waals surface area contributed by atoms with Gasteiger partial charge in [0, 0.05) is 5.92 Å². The average molecular weight is 219 g/mol. The van der Waals surface area contributed by atoms with Crippen LogP contribution >= 0.6 is 0 Å². The summed E-state index contributed by atoms with van der Waals surface area (Å²) in [5.41, 5.74) is 8.23. The van der Waals surface area contributed by atoms with Gasteiger partial charge >= 0.3 is 0 Å². The lowest BCUT2D eigenvalue weighted by Crippen LogP contribution is -2.27. The van der Waals surface area contributed by atoms with Crippen LogP contribution in [-0.4, -0.2) is 12.6 Å². The molecule has 0 spiro atoms. The Balaban J connectivity index is 2.11. The molecule has 0 aromatic heterocycles. The van der Waals surface area contributed by atoms with Crippen molar-refractivity contribution in [1.82, 2.24) is 0 Å². The molecule has 0 heterocycles. The van der Waals surface area contributed by atoms with Gasteiger partial charge in [0.1, 0.15) is 11.9 Å². The van der Waals surface area contributed by atoms with Crippen LogP contribution in [0.15, 0.2) is 18.2 Å². The summed E-state index contributed by atoms with van der Waals surface area (Å²) >= 11 is 0. The summed E-state index contributed by atoms with van der Waals surface area (Å²) < 4.78 is 6.11. The van der Waals surface area contributed by atoms with Crippen molar-refractivity contribution >= 4 is 0 Å². The van der Waals surface area contributed by atoms with Gasteiger partial charge in [0.25, 0.3) is 0 Å². The molecule has 2 N–H and O–H groups in total. The van der Waals surface area contributed by atoms with E-state index in [1.807, 2.05) is 0 Å². The number of benzene rings is 1. The zero-order valence-corrected chi connectivity index (χ0v) is 10.2. The lowest BCUT2D eigenvalue weighted by Gasteiger charge is -2.21. The van der Waals surface area contributed by atoms with Crippen LogP contribution in [-0.2, 0) is 0 Å². The topological polar surface area (TPSA) is 35.2 Å². The number of rotatable bonds is 3. The number of hydrogen-bond donors (Lipinski definition) is 1. The van der Waals surface area contributed by atoms with Crippen LogP contribution in [0.4, 0.5) is 0 Å². The Morgan fingerprint density at radius 2 is 2.12 bits per heavy atom. The van der Waals surface area contributed by atoms with Crippen LogP contribution in [0.5, 0.6) is 5.75 Å². The van der Waals surface area contributed by atoms with E-state index in [1.54, 1.807) is 0 Å². The van der Waals surface area contributed by atoms with Crippen LogP contribution in [0.1, 0.15) is 30.4 Å². The van der Waals surface area contributed by atoms with E-state index in [4.69, 9.17) is 10.5 Å². The van der Waals surface area contributed by atoms with Crippen LogP contribution in [0.25, 0.3) is 0 Å². The molecule has 0 saturated heterocycles. The highest BCUT2D eigenvalue weighted by Crippen LogP contribution is 2.30. The summed E-state index contributed by atoms with van der Waals surface area (Å²) in [6.45, 7) is 4.94. The summed E-state index contributed by atoms with van der Waals surface area (Å²) in [5, 5.41) is 0. The zero-order valence-electron chi connectivity index (χ0n) is 10.2. The predicted octanol–water partition coefficient (Wildman–Crippen LogP) is 2.81. The first-order valence-electron chi connectivity index (χ1n) is 6.14. The molecule has 2 nitrogen and oxygen atoms in total. The number of nitrogens with two attached hydrogens (primary N) is 1. The van der Waals surface area contributed by atoms with Crippen molar-refractivity contribution < 1.29 is 4.74 Å². The van der Waals surface area contributed by atoms with E-state index in [0.29, 0.717) is 12.0 Å². The SMILES string of the molecule is Cc1ccc(C)c(OC2CCCC2CN)c1. The second-order valence-corrected chi connectivity index (χ2v) is 4.85. The van der Waals surface area contributed by atoms with Gasteiger partial charge in [-0.3, -0.25) is 0 Å². The fourth-order valence-electron chi connectivity index (χ4n) is 2.42. The van der Waals surface area contributed by atoms with Crippen LogP contribution < -0.4 is 10.5 Å². The third-order valence-corrected chi connectivity index (χ3v) is 3.51. The Bertz CT molecular complexity index is 362. The van der Waals surface area contributed by atoms with Gasteiger partial charge in [0.05, 0.1) is 0 Å². The van der Waals surface area contributed by atoms with Gasteiger partial charge in [-0.25, -0.2) is 0 Å². The molecule has 2 unspecified atom stereocenters. The quantitative estimate of drug-likeness (QED) is 0.848. The maximum Gasteiger partial charge on any atom is 0.122 e. The number of hydrogen-bond acceptors (Lipinski definition) is 2. The predicted molar refractivity (Wildman–Crippen MR) is 66.7 cm³/mol. The summed E-state index contributed by atoms with van der Waals surface area (Å²) in [7, 11) is 0. The van der Waals surface area contributed by atoms with Crippen molar-refractivity contribution in [3.05, 3.63) is 29.3 Å². The maximum atomic E-state index is 6.11. The van der Waals surface area contributed by atoms with Gasteiger partial charge < -0.3 is 10.5 Å². The first-order chi connectivity index (χ1) is 7.70. The molecule has 0 radical (unpaired) electrons. The van der Waals surface area contributed by atoms with Gasteiger partial charge in [-0.05, 0) is 56.8 Å². The first-order valence-corrected chi connectivity index (χ1v) is 6.14. The third-order valence-electron chi connectivity index (χ3n) is 3.51. The van der Waals surface area contributed by atoms with Gasteiger partial charge in [0.2, 0.25) is 0 Å². The number of ether oxygens (including phenoxy) is 1. The van der Waals surface area contributed by atoms with Crippen molar-refractivity contribution in [3.63, 3.8) is 0 Å². The molecular formula is C14H21NO. The van der Waals surface area contributed by atoms with E-state index in [1.165, 1.54) is 24.0 Å². The Morgan fingerprint density at radius 3 is 2.88 bits per heavy atom. The van der Waals surface area contributed by atoms with Crippen molar-refractivity contribution in [2.45, 2.75) is 39.2 Å². The number of aryl methyl sites for hydroxylation is 2. The summed E-state index contributed by atoms with van der Waals surface area (Å²) in [5.74, 6) is 1.57. The Labute approximate surface area is 97.8 Å². The highest BCUT2D eigenvalue weighted by molar-refractivity contribution is 5.36. The van der Waals surface area contributed by atoms with Gasteiger partial charge in [-0.1, -0.05) is 12.1 Å².